The second-order valence-electron chi connectivity index (χ2n) is 8.63. The highest BCUT2D eigenvalue weighted by Crippen LogP contribution is 2.32. The van der Waals surface area contributed by atoms with Gasteiger partial charge < -0.3 is 27.7 Å². The smallest absolute Gasteiger partial charge is 0.220 e. The molecule has 4 rings (SSSR count). The van der Waals surface area contributed by atoms with Crippen LogP contribution in [0.3, 0.4) is 0 Å². The van der Waals surface area contributed by atoms with Gasteiger partial charge in [-0.05, 0) is 76.2 Å². The Morgan fingerprint density at radius 3 is 1.24 bits per heavy atom. The molecule has 0 atom stereocenters. The van der Waals surface area contributed by atoms with E-state index < -0.39 is 11.3 Å². The molecular formula is C22H28N10O. The third kappa shape index (κ3) is 4.25. The van der Waals surface area contributed by atoms with Crippen molar-refractivity contribution < 1.29 is 4.74 Å². The zero-order valence-electron chi connectivity index (χ0n) is 19.0. The van der Waals surface area contributed by atoms with E-state index in [1.54, 1.807) is 0 Å². The predicted octanol–water partition coefficient (Wildman–Crippen LogP) is 1.85. The van der Waals surface area contributed by atoms with Crippen LogP contribution in [0.5, 0.6) is 11.5 Å². The molecule has 0 bridgehead atoms. The van der Waals surface area contributed by atoms with Crippen LogP contribution in [0.15, 0.2) is 68.5 Å². The van der Waals surface area contributed by atoms with Crippen molar-refractivity contribution in [3.63, 3.8) is 0 Å². The molecule has 0 fully saturated rings. The Labute approximate surface area is 192 Å². The van der Waals surface area contributed by atoms with E-state index in [0.717, 1.165) is 11.4 Å². The maximum atomic E-state index is 6.10. The molecule has 0 amide bonds. The van der Waals surface area contributed by atoms with Gasteiger partial charge in [-0.2, -0.15) is 9.98 Å². The lowest BCUT2D eigenvalue weighted by atomic mass is 10.1. The molecule has 0 radical (unpaired) electrons. The maximum Gasteiger partial charge on any atom is 0.220 e. The van der Waals surface area contributed by atoms with Crippen molar-refractivity contribution in [1.29, 1.82) is 0 Å². The SMILES string of the molecule is CC1(C)N=C(N)N=C(N)N1c1ccc(Oc2ccc(N3C(N)=NC(N)=NC3(C)C)cc2)cc1. The first kappa shape index (κ1) is 21.9. The van der Waals surface area contributed by atoms with Gasteiger partial charge in [0.25, 0.3) is 0 Å². The molecule has 33 heavy (non-hydrogen) atoms. The second-order valence-corrected chi connectivity index (χ2v) is 8.63. The van der Waals surface area contributed by atoms with Gasteiger partial charge in [0.1, 0.15) is 22.8 Å². The number of anilines is 2. The van der Waals surface area contributed by atoms with E-state index in [9.17, 15) is 0 Å². The lowest BCUT2D eigenvalue weighted by molar-refractivity contribution is 0.481. The lowest BCUT2D eigenvalue weighted by Gasteiger charge is -2.38. The Morgan fingerprint density at radius 2 is 0.939 bits per heavy atom. The highest BCUT2D eigenvalue weighted by molar-refractivity contribution is 6.06. The molecule has 0 aromatic heterocycles. The summed E-state index contributed by atoms with van der Waals surface area (Å²) in [6.07, 6.45) is 0. The molecule has 11 heteroatoms. The van der Waals surface area contributed by atoms with Gasteiger partial charge in [-0.3, -0.25) is 9.80 Å². The Bertz CT molecular complexity index is 1080. The zero-order valence-corrected chi connectivity index (χ0v) is 19.0. The minimum atomic E-state index is -0.657. The number of nitrogens with two attached hydrogens (primary N) is 4. The van der Waals surface area contributed by atoms with Gasteiger partial charge in [0.05, 0.1) is 0 Å². The van der Waals surface area contributed by atoms with Crippen LogP contribution in [0.25, 0.3) is 0 Å². The second kappa shape index (κ2) is 7.69. The van der Waals surface area contributed by atoms with Gasteiger partial charge in [0.15, 0.2) is 0 Å². The molecule has 2 aromatic rings. The molecule has 2 aliphatic rings. The van der Waals surface area contributed by atoms with Crippen molar-refractivity contribution in [3.05, 3.63) is 48.5 Å². The highest BCUT2D eigenvalue weighted by atomic mass is 16.5. The van der Waals surface area contributed by atoms with Gasteiger partial charge >= 0.3 is 0 Å². The average molecular weight is 449 g/mol. The number of rotatable bonds is 4. The number of nitrogens with zero attached hydrogens (tertiary/aromatic N) is 6. The largest absolute Gasteiger partial charge is 0.457 e. The van der Waals surface area contributed by atoms with Crippen LogP contribution in [-0.4, -0.2) is 35.2 Å². The Kier molecular flexibility index (Phi) is 5.11. The average Bonchev–Trinajstić information content (AvgIpc) is 2.67. The summed E-state index contributed by atoms with van der Waals surface area (Å²) in [4.78, 5) is 20.5. The minimum absolute atomic E-state index is 0.161. The van der Waals surface area contributed by atoms with E-state index >= 15 is 0 Å². The molecule has 0 saturated carbocycles. The summed E-state index contributed by atoms with van der Waals surface area (Å²) in [5, 5.41) is 0. The van der Waals surface area contributed by atoms with Crippen molar-refractivity contribution in [1.82, 2.24) is 0 Å². The molecule has 2 heterocycles. The number of guanidine groups is 4. The molecule has 0 aliphatic carbocycles. The first-order chi connectivity index (χ1) is 15.5. The number of benzene rings is 2. The normalized spacial score (nSPS) is 19.3. The molecule has 0 saturated heterocycles. The fraction of sp³-hybridized carbons (Fsp3) is 0.273. The maximum absolute atomic E-state index is 6.10. The Morgan fingerprint density at radius 1 is 0.606 bits per heavy atom. The molecule has 8 N–H and O–H groups in total. The summed E-state index contributed by atoms with van der Waals surface area (Å²) in [6, 6.07) is 15.0. The van der Waals surface area contributed by atoms with Crippen LogP contribution in [0.4, 0.5) is 11.4 Å². The Hall–Kier alpha value is -4.28. The fourth-order valence-electron chi connectivity index (χ4n) is 3.97. The number of aliphatic imine (C=N–C) groups is 4. The molecule has 11 nitrogen and oxygen atoms in total. The van der Waals surface area contributed by atoms with Crippen molar-refractivity contribution in [2.75, 3.05) is 9.80 Å². The number of hydrogen-bond donors (Lipinski definition) is 4. The monoisotopic (exact) mass is 448 g/mol. The van der Waals surface area contributed by atoms with Crippen molar-refractivity contribution >= 4 is 35.2 Å². The highest BCUT2D eigenvalue weighted by Gasteiger charge is 2.34. The van der Waals surface area contributed by atoms with Crippen LogP contribution in [0, 0.1) is 0 Å². The van der Waals surface area contributed by atoms with E-state index in [1.165, 1.54) is 0 Å². The number of ether oxygens (including phenoxy) is 1. The fourth-order valence-corrected chi connectivity index (χ4v) is 3.97. The standard InChI is InChI=1S/C22H28N10O/c1-21(2)29-17(23)27-19(25)31(21)13-5-9-15(10-6-13)33-16-11-7-14(8-12-16)32-20(26)28-18(24)30-22(32,3)4/h5-12H,1-4H3,(H4,23,25,27,29)(H4,24,26,28,30). The van der Waals surface area contributed by atoms with E-state index in [-0.39, 0.29) is 23.8 Å². The van der Waals surface area contributed by atoms with E-state index in [0.29, 0.717) is 11.5 Å². The molecule has 0 unspecified atom stereocenters. The third-order valence-electron chi connectivity index (χ3n) is 5.21. The van der Waals surface area contributed by atoms with Gasteiger partial charge in [-0.25, -0.2) is 9.98 Å². The first-order valence-electron chi connectivity index (χ1n) is 10.3. The van der Waals surface area contributed by atoms with Gasteiger partial charge in [-0.1, -0.05) is 0 Å². The van der Waals surface area contributed by atoms with E-state index in [2.05, 4.69) is 20.0 Å². The molecular weight excluding hydrogens is 420 g/mol. The van der Waals surface area contributed by atoms with Gasteiger partial charge in [0.2, 0.25) is 23.8 Å². The van der Waals surface area contributed by atoms with Crippen LogP contribution in [0.1, 0.15) is 27.7 Å². The first-order valence-corrected chi connectivity index (χ1v) is 10.3. The molecule has 2 aromatic carbocycles. The van der Waals surface area contributed by atoms with Crippen LogP contribution >= 0.6 is 0 Å². The summed E-state index contributed by atoms with van der Waals surface area (Å²) in [5.74, 6) is 2.22. The third-order valence-corrected chi connectivity index (χ3v) is 5.21. The van der Waals surface area contributed by atoms with Gasteiger partial charge in [0, 0.05) is 11.4 Å². The van der Waals surface area contributed by atoms with Crippen LogP contribution < -0.4 is 37.5 Å². The van der Waals surface area contributed by atoms with Crippen LogP contribution in [-0.2, 0) is 0 Å². The van der Waals surface area contributed by atoms with Crippen molar-refractivity contribution in [3.8, 4) is 11.5 Å². The topological polar surface area (TPSA) is 169 Å². The summed E-state index contributed by atoms with van der Waals surface area (Å²) in [7, 11) is 0. The molecule has 0 spiro atoms. The summed E-state index contributed by atoms with van der Waals surface area (Å²) in [5.41, 5.74) is 24.0. The summed E-state index contributed by atoms with van der Waals surface area (Å²) in [6.45, 7) is 7.64. The molecule has 172 valence electrons. The predicted molar refractivity (Wildman–Crippen MR) is 133 cm³/mol. The quantitative estimate of drug-likeness (QED) is 0.553. The lowest BCUT2D eigenvalue weighted by Crippen LogP contribution is -2.54. The van der Waals surface area contributed by atoms with E-state index in [1.807, 2.05) is 86.0 Å². The van der Waals surface area contributed by atoms with Gasteiger partial charge in [-0.15, -0.1) is 0 Å². The summed E-state index contributed by atoms with van der Waals surface area (Å²) >= 11 is 0. The van der Waals surface area contributed by atoms with Crippen molar-refractivity contribution in [2.45, 2.75) is 39.0 Å². The Balaban J connectivity index is 1.50. The summed E-state index contributed by atoms with van der Waals surface area (Å²) < 4.78 is 6.00. The van der Waals surface area contributed by atoms with Crippen molar-refractivity contribution in [2.24, 2.45) is 42.9 Å². The van der Waals surface area contributed by atoms with E-state index in [4.69, 9.17) is 27.7 Å². The van der Waals surface area contributed by atoms with Crippen LogP contribution in [0.2, 0.25) is 0 Å². The zero-order chi connectivity index (χ0) is 24.0. The molecule has 2 aliphatic heterocycles. The minimum Gasteiger partial charge on any atom is -0.457 e. The number of hydrogen-bond acceptors (Lipinski definition) is 11.